The molecule has 1 amide bonds. The molecule has 23 heavy (non-hydrogen) atoms. The summed E-state index contributed by atoms with van der Waals surface area (Å²) >= 11 is 0. The molecular formula is C15H19N3O4S. The molecule has 1 aromatic carbocycles. The first-order valence-corrected chi connectivity index (χ1v) is 8.94. The van der Waals surface area contributed by atoms with Gasteiger partial charge in [-0.3, -0.25) is 4.79 Å². The number of aryl methyl sites for hydroxylation is 1. The van der Waals surface area contributed by atoms with Crippen LogP contribution in [-0.4, -0.2) is 36.3 Å². The Hall–Kier alpha value is -2.22. The topological polar surface area (TPSA) is 93.4 Å². The summed E-state index contributed by atoms with van der Waals surface area (Å²) in [6.07, 6.45) is 0. The van der Waals surface area contributed by atoms with Crippen molar-refractivity contribution >= 4 is 21.4 Å². The summed E-state index contributed by atoms with van der Waals surface area (Å²) in [6, 6.07) is 8.96. The van der Waals surface area contributed by atoms with Crippen LogP contribution in [0.4, 0.5) is 5.69 Å². The van der Waals surface area contributed by atoms with E-state index < -0.39 is 26.7 Å². The first-order chi connectivity index (χ1) is 10.8. The van der Waals surface area contributed by atoms with Crippen LogP contribution in [0.2, 0.25) is 0 Å². The van der Waals surface area contributed by atoms with E-state index in [0.29, 0.717) is 18.1 Å². The minimum atomic E-state index is -3.75. The molecule has 0 saturated carbocycles. The maximum atomic E-state index is 12.6. The Bertz CT molecular complexity index is 771. The van der Waals surface area contributed by atoms with Gasteiger partial charge in [0.25, 0.3) is 0 Å². The summed E-state index contributed by atoms with van der Waals surface area (Å²) in [6.45, 7) is 5.16. The van der Waals surface area contributed by atoms with Crippen molar-refractivity contribution in [3.63, 3.8) is 0 Å². The molecule has 0 unspecified atom stereocenters. The van der Waals surface area contributed by atoms with Crippen molar-refractivity contribution in [2.75, 3.05) is 11.4 Å². The van der Waals surface area contributed by atoms with Gasteiger partial charge in [0.05, 0.1) is 0 Å². The van der Waals surface area contributed by atoms with Crippen molar-refractivity contribution in [2.45, 2.75) is 31.8 Å². The number of nitrogens with zero attached hydrogens (tertiary/aromatic N) is 3. The molecule has 0 aliphatic carbocycles. The Kier molecular flexibility index (Phi) is 5.15. The highest BCUT2D eigenvalue weighted by Crippen LogP contribution is 2.18. The molecule has 1 aromatic heterocycles. The van der Waals surface area contributed by atoms with Gasteiger partial charge in [-0.1, -0.05) is 23.4 Å². The molecule has 7 nitrogen and oxygen atoms in total. The standard InChI is InChI=1S/C15H19N3O4S/c1-4-18(13-8-6-5-7-9-13)15(19)11(2)23(20,21)10-14-16-12(3)17-22-14/h5-9,11H,4,10H2,1-3H3/t11-/m0/s1. The minimum absolute atomic E-state index is 0.00934. The molecule has 1 heterocycles. The molecule has 8 heteroatoms. The zero-order chi connectivity index (χ0) is 17.0. The quantitative estimate of drug-likeness (QED) is 0.797. The Balaban J connectivity index is 2.20. The minimum Gasteiger partial charge on any atom is -0.338 e. The fraction of sp³-hybridized carbons (Fsp3) is 0.400. The Morgan fingerprint density at radius 3 is 2.48 bits per heavy atom. The van der Waals surface area contributed by atoms with Gasteiger partial charge in [0.1, 0.15) is 11.0 Å². The van der Waals surface area contributed by atoms with Gasteiger partial charge in [-0.15, -0.1) is 0 Å². The lowest BCUT2D eigenvalue weighted by Gasteiger charge is -2.24. The van der Waals surface area contributed by atoms with E-state index in [9.17, 15) is 13.2 Å². The first kappa shape index (κ1) is 17.1. The predicted octanol–water partition coefficient (Wildman–Crippen LogP) is 1.73. The Morgan fingerprint density at radius 2 is 1.96 bits per heavy atom. The zero-order valence-corrected chi connectivity index (χ0v) is 14.1. The molecule has 1 atom stereocenters. The second kappa shape index (κ2) is 6.91. The fourth-order valence-corrected chi connectivity index (χ4v) is 3.29. The summed E-state index contributed by atoms with van der Waals surface area (Å²) < 4.78 is 29.7. The number of amides is 1. The van der Waals surface area contributed by atoms with Crippen molar-refractivity contribution < 1.29 is 17.7 Å². The number of rotatable bonds is 6. The van der Waals surface area contributed by atoms with E-state index in [0.717, 1.165) is 0 Å². The highest BCUT2D eigenvalue weighted by atomic mass is 32.2. The van der Waals surface area contributed by atoms with Gasteiger partial charge in [0.2, 0.25) is 11.8 Å². The van der Waals surface area contributed by atoms with Crippen molar-refractivity contribution in [3.05, 3.63) is 42.0 Å². The molecule has 0 saturated heterocycles. The van der Waals surface area contributed by atoms with E-state index in [-0.39, 0.29) is 5.89 Å². The molecule has 2 rings (SSSR count). The van der Waals surface area contributed by atoms with Crippen molar-refractivity contribution in [2.24, 2.45) is 0 Å². The van der Waals surface area contributed by atoms with Crippen LogP contribution in [0.3, 0.4) is 0 Å². The van der Waals surface area contributed by atoms with Gasteiger partial charge >= 0.3 is 0 Å². The summed E-state index contributed by atoms with van der Waals surface area (Å²) in [5.74, 6) is -0.582. The molecule has 0 radical (unpaired) electrons. The largest absolute Gasteiger partial charge is 0.338 e. The van der Waals surface area contributed by atoms with Crippen LogP contribution < -0.4 is 4.90 Å². The molecule has 0 spiro atoms. The van der Waals surface area contributed by atoms with Gasteiger partial charge in [0.15, 0.2) is 15.7 Å². The van der Waals surface area contributed by atoms with Gasteiger partial charge in [-0.25, -0.2) is 8.42 Å². The molecule has 0 fully saturated rings. The van der Waals surface area contributed by atoms with Crippen LogP contribution in [0.25, 0.3) is 0 Å². The highest BCUT2D eigenvalue weighted by molar-refractivity contribution is 7.92. The van der Waals surface area contributed by atoms with Crippen molar-refractivity contribution in [1.29, 1.82) is 0 Å². The van der Waals surface area contributed by atoms with Crippen LogP contribution in [0, 0.1) is 6.92 Å². The van der Waals surface area contributed by atoms with Gasteiger partial charge < -0.3 is 9.42 Å². The average Bonchev–Trinajstić information content (AvgIpc) is 2.92. The molecule has 0 N–H and O–H groups in total. The van der Waals surface area contributed by atoms with Crippen LogP contribution >= 0.6 is 0 Å². The second-order valence-corrected chi connectivity index (χ2v) is 7.42. The molecule has 124 valence electrons. The number of carbonyl (C=O) groups excluding carboxylic acids is 1. The molecule has 2 aromatic rings. The number of anilines is 1. The van der Waals surface area contributed by atoms with E-state index in [1.54, 1.807) is 38.1 Å². The van der Waals surface area contributed by atoms with Crippen molar-refractivity contribution in [3.8, 4) is 0 Å². The lowest BCUT2D eigenvalue weighted by atomic mass is 10.2. The SMILES string of the molecule is CCN(C(=O)[C@H](C)S(=O)(=O)Cc1nc(C)no1)c1ccccc1. The Labute approximate surface area is 135 Å². The third-order valence-electron chi connectivity index (χ3n) is 3.43. The maximum absolute atomic E-state index is 12.6. The van der Waals surface area contributed by atoms with Crippen molar-refractivity contribution in [1.82, 2.24) is 10.1 Å². The third-order valence-corrected chi connectivity index (χ3v) is 5.36. The van der Waals surface area contributed by atoms with Crippen LogP contribution in [0.5, 0.6) is 0 Å². The van der Waals surface area contributed by atoms with E-state index in [4.69, 9.17) is 4.52 Å². The summed E-state index contributed by atoms with van der Waals surface area (Å²) in [5, 5.41) is 2.36. The van der Waals surface area contributed by atoms with E-state index in [2.05, 4.69) is 10.1 Å². The van der Waals surface area contributed by atoms with E-state index >= 15 is 0 Å². The number of benzene rings is 1. The molecule has 0 bridgehead atoms. The average molecular weight is 337 g/mol. The van der Waals surface area contributed by atoms with Crippen LogP contribution in [-0.2, 0) is 20.4 Å². The number of hydrogen-bond donors (Lipinski definition) is 0. The number of carbonyl (C=O) groups is 1. The van der Waals surface area contributed by atoms with Gasteiger partial charge in [-0.2, -0.15) is 4.98 Å². The number of hydrogen-bond acceptors (Lipinski definition) is 6. The predicted molar refractivity (Wildman–Crippen MR) is 85.6 cm³/mol. The zero-order valence-electron chi connectivity index (χ0n) is 13.3. The third kappa shape index (κ3) is 3.95. The maximum Gasteiger partial charge on any atom is 0.245 e. The molecular weight excluding hydrogens is 318 g/mol. The van der Waals surface area contributed by atoms with Gasteiger partial charge in [0, 0.05) is 12.2 Å². The lowest BCUT2D eigenvalue weighted by molar-refractivity contribution is -0.117. The number of aromatic nitrogens is 2. The van der Waals surface area contributed by atoms with Crippen LogP contribution in [0.1, 0.15) is 25.6 Å². The summed E-state index contributed by atoms with van der Waals surface area (Å²) in [5.41, 5.74) is 0.663. The van der Waals surface area contributed by atoms with Crippen LogP contribution in [0.15, 0.2) is 34.9 Å². The fourth-order valence-electron chi connectivity index (χ4n) is 2.14. The first-order valence-electron chi connectivity index (χ1n) is 7.22. The normalized spacial score (nSPS) is 12.8. The number of para-hydroxylation sites is 1. The van der Waals surface area contributed by atoms with E-state index in [1.165, 1.54) is 11.8 Å². The van der Waals surface area contributed by atoms with E-state index in [1.807, 2.05) is 6.07 Å². The lowest BCUT2D eigenvalue weighted by Crippen LogP contribution is -2.42. The molecule has 0 aliphatic rings. The molecule has 0 aliphatic heterocycles. The smallest absolute Gasteiger partial charge is 0.245 e. The highest BCUT2D eigenvalue weighted by Gasteiger charge is 2.33. The monoisotopic (exact) mass is 337 g/mol. The Morgan fingerprint density at radius 1 is 1.30 bits per heavy atom. The van der Waals surface area contributed by atoms with Gasteiger partial charge in [-0.05, 0) is 32.9 Å². The summed E-state index contributed by atoms with van der Waals surface area (Å²) in [4.78, 5) is 17.9. The second-order valence-electron chi connectivity index (χ2n) is 5.10. The number of sulfone groups is 1. The summed E-state index contributed by atoms with van der Waals surface area (Å²) in [7, 11) is -3.75.